The van der Waals surface area contributed by atoms with Gasteiger partial charge in [0.2, 0.25) is 0 Å². The fourth-order valence-electron chi connectivity index (χ4n) is 8.75. The molecule has 0 spiro atoms. The highest BCUT2D eigenvalue weighted by atomic mass is 16.6. The van der Waals surface area contributed by atoms with E-state index in [4.69, 9.17) is 23.4 Å². The first-order valence-corrected chi connectivity index (χ1v) is 16.7. The molecule has 3 aliphatic rings. The molecule has 2 aromatic rings. The number of carbonyl (C=O) groups is 3. The summed E-state index contributed by atoms with van der Waals surface area (Å²) in [5.41, 5.74) is -3.08. The van der Waals surface area contributed by atoms with E-state index in [1.54, 1.807) is 30.6 Å². The van der Waals surface area contributed by atoms with Crippen molar-refractivity contribution in [2.24, 2.45) is 22.7 Å². The van der Waals surface area contributed by atoms with Crippen molar-refractivity contribution in [1.29, 1.82) is 0 Å². The molecular formula is C36H47NO10. The number of fused-ring (bicyclic) bond motifs is 4. The molecule has 1 N–H and O–H groups in total. The second-order valence-corrected chi connectivity index (χ2v) is 14.1. The number of rotatable bonds is 10. The van der Waals surface area contributed by atoms with Crippen LogP contribution in [0.1, 0.15) is 105 Å². The van der Waals surface area contributed by atoms with E-state index < -0.39 is 58.2 Å². The minimum absolute atomic E-state index is 0.00423. The largest absolute Gasteiger partial charge is 0.482 e. The van der Waals surface area contributed by atoms with Crippen LogP contribution in [0.25, 0.3) is 11.3 Å². The number of aliphatic hydroxyl groups excluding tert-OH is 1. The Labute approximate surface area is 275 Å². The van der Waals surface area contributed by atoms with Gasteiger partial charge in [-0.2, -0.15) is 0 Å². The summed E-state index contributed by atoms with van der Waals surface area (Å²) in [5.74, 6) is -2.06. The van der Waals surface area contributed by atoms with E-state index in [2.05, 4.69) is 11.9 Å². The van der Waals surface area contributed by atoms with Gasteiger partial charge in [0.1, 0.15) is 41.5 Å². The number of esters is 3. The van der Waals surface area contributed by atoms with Crippen molar-refractivity contribution in [3.05, 3.63) is 46.6 Å². The Balaban J connectivity index is 1.62. The molecular weight excluding hydrogens is 606 g/mol. The SMILES string of the molecule is CCCCCCC(=O)O[C@H]1CC2[C@](C)(CC[C@H](OC(C)=O)[C@@]2(C)COC(C)=O)C2C(O)c3c(cc(-c4cccnc4)oc3=O)O[C@@]21C. The lowest BCUT2D eigenvalue weighted by Gasteiger charge is -2.66. The van der Waals surface area contributed by atoms with Crippen LogP contribution in [0.15, 0.2) is 39.8 Å². The normalized spacial score (nSPS) is 32.5. The second kappa shape index (κ2) is 13.4. The lowest BCUT2D eigenvalue weighted by atomic mass is 9.42. The topological polar surface area (TPSA) is 151 Å². The monoisotopic (exact) mass is 653 g/mol. The standard InChI is InChI=1S/C36H47NO10/c1-7-8-9-10-13-29(40)46-28-18-26-34(4,15-14-27(44-22(3)39)35(26,5)20-43-21(2)38)32-31(41)30-25(47-36(28,32)6)17-24(45-33(30)42)23-12-11-16-37-19-23/h11-12,16-17,19,26-28,31-32,41H,7-10,13-15,18,20H2,1-6H3/t26?,27-,28-,31?,32?,34-,35-,36+/m0/s1. The van der Waals surface area contributed by atoms with E-state index >= 15 is 0 Å². The van der Waals surface area contributed by atoms with Gasteiger partial charge in [0.15, 0.2) is 0 Å². The molecule has 256 valence electrons. The van der Waals surface area contributed by atoms with Gasteiger partial charge in [-0.25, -0.2) is 4.79 Å². The molecule has 0 radical (unpaired) electrons. The summed E-state index contributed by atoms with van der Waals surface area (Å²) in [6, 6.07) is 5.06. The highest BCUT2D eigenvalue weighted by Crippen LogP contribution is 2.67. The first kappa shape index (κ1) is 34.6. The third-order valence-electron chi connectivity index (χ3n) is 10.9. The zero-order chi connectivity index (χ0) is 34.1. The van der Waals surface area contributed by atoms with Crippen LogP contribution in [0.3, 0.4) is 0 Å². The first-order chi connectivity index (χ1) is 22.2. The number of aliphatic hydroxyl groups is 1. The molecule has 2 aliphatic carbocycles. The van der Waals surface area contributed by atoms with Gasteiger partial charge < -0.3 is 28.5 Å². The Morgan fingerprint density at radius 3 is 2.49 bits per heavy atom. The molecule has 0 saturated heterocycles. The van der Waals surface area contributed by atoms with Crippen molar-refractivity contribution in [2.75, 3.05) is 6.61 Å². The summed E-state index contributed by atoms with van der Waals surface area (Å²) in [7, 11) is 0. The summed E-state index contributed by atoms with van der Waals surface area (Å²) in [6.45, 7) is 10.5. The number of pyridine rings is 1. The highest BCUT2D eigenvalue weighted by molar-refractivity contribution is 5.70. The van der Waals surface area contributed by atoms with E-state index in [9.17, 15) is 24.3 Å². The molecule has 11 nitrogen and oxygen atoms in total. The average Bonchev–Trinajstić information content (AvgIpc) is 3.01. The van der Waals surface area contributed by atoms with Crippen molar-refractivity contribution >= 4 is 17.9 Å². The van der Waals surface area contributed by atoms with Gasteiger partial charge >= 0.3 is 23.5 Å². The molecule has 3 heterocycles. The van der Waals surface area contributed by atoms with Crippen LogP contribution in [-0.4, -0.2) is 52.4 Å². The van der Waals surface area contributed by atoms with Crippen LogP contribution in [0.5, 0.6) is 5.75 Å². The first-order valence-electron chi connectivity index (χ1n) is 16.7. The molecule has 11 heteroatoms. The van der Waals surface area contributed by atoms with E-state index in [1.165, 1.54) is 13.8 Å². The van der Waals surface area contributed by atoms with Gasteiger partial charge in [0.05, 0.1) is 6.10 Å². The lowest BCUT2D eigenvalue weighted by molar-refractivity contribution is -0.271. The van der Waals surface area contributed by atoms with Crippen molar-refractivity contribution in [3.63, 3.8) is 0 Å². The van der Waals surface area contributed by atoms with E-state index in [1.807, 2.05) is 20.8 Å². The van der Waals surface area contributed by atoms with E-state index in [-0.39, 0.29) is 42.0 Å². The predicted octanol–water partition coefficient (Wildman–Crippen LogP) is 5.71. The zero-order valence-electron chi connectivity index (χ0n) is 28.2. The Kier molecular flexibility index (Phi) is 9.87. The molecule has 2 aromatic heterocycles. The Morgan fingerprint density at radius 2 is 1.83 bits per heavy atom. The fourth-order valence-corrected chi connectivity index (χ4v) is 8.75. The number of unbranched alkanes of at least 4 members (excludes halogenated alkanes) is 3. The summed E-state index contributed by atoms with van der Waals surface area (Å²) in [5, 5.41) is 12.3. The number of aromatic nitrogens is 1. The predicted molar refractivity (Wildman–Crippen MR) is 170 cm³/mol. The molecule has 47 heavy (non-hydrogen) atoms. The molecule has 3 unspecified atom stereocenters. The van der Waals surface area contributed by atoms with Crippen LogP contribution in [0, 0.1) is 22.7 Å². The van der Waals surface area contributed by atoms with Crippen molar-refractivity contribution in [3.8, 4) is 17.1 Å². The number of hydrogen-bond donors (Lipinski definition) is 1. The van der Waals surface area contributed by atoms with Crippen molar-refractivity contribution < 1.29 is 42.9 Å². The van der Waals surface area contributed by atoms with Gasteiger partial charge in [0.25, 0.3) is 0 Å². The van der Waals surface area contributed by atoms with Crippen LogP contribution in [-0.2, 0) is 28.6 Å². The summed E-state index contributed by atoms with van der Waals surface area (Å²) >= 11 is 0. The van der Waals surface area contributed by atoms with Gasteiger partial charge in [-0.1, -0.05) is 40.0 Å². The maximum absolute atomic E-state index is 13.6. The van der Waals surface area contributed by atoms with Crippen LogP contribution in [0.4, 0.5) is 0 Å². The number of nitrogens with zero attached hydrogens (tertiary/aromatic N) is 1. The van der Waals surface area contributed by atoms with Crippen LogP contribution < -0.4 is 10.4 Å². The lowest BCUT2D eigenvalue weighted by Crippen LogP contribution is -2.71. The number of ether oxygens (including phenoxy) is 4. The van der Waals surface area contributed by atoms with Crippen LogP contribution in [0.2, 0.25) is 0 Å². The van der Waals surface area contributed by atoms with Crippen LogP contribution >= 0.6 is 0 Å². The van der Waals surface area contributed by atoms with Gasteiger partial charge in [0, 0.05) is 55.6 Å². The Morgan fingerprint density at radius 1 is 1.06 bits per heavy atom. The number of hydrogen-bond acceptors (Lipinski definition) is 11. The fraction of sp³-hybridized carbons (Fsp3) is 0.639. The van der Waals surface area contributed by atoms with Gasteiger partial charge in [-0.3, -0.25) is 19.4 Å². The molecule has 0 aromatic carbocycles. The Bertz CT molecular complexity index is 1540. The van der Waals surface area contributed by atoms with Crippen molar-refractivity contribution in [1.82, 2.24) is 4.98 Å². The molecule has 2 fully saturated rings. The average molecular weight is 654 g/mol. The maximum Gasteiger partial charge on any atom is 0.345 e. The molecule has 0 bridgehead atoms. The van der Waals surface area contributed by atoms with Gasteiger partial charge in [-0.15, -0.1) is 0 Å². The third kappa shape index (κ3) is 6.43. The smallest absolute Gasteiger partial charge is 0.345 e. The maximum atomic E-state index is 13.6. The number of carbonyl (C=O) groups excluding carboxylic acids is 3. The Hall–Kier alpha value is -3.73. The third-order valence-corrected chi connectivity index (χ3v) is 10.9. The molecule has 1 aliphatic heterocycles. The van der Waals surface area contributed by atoms with E-state index in [0.717, 1.165) is 19.3 Å². The minimum Gasteiger partial charge on any atom is -0.482 e. The van der Waals surface area contributed by atoms with E-state index in [0.29, 0.717) is 31.2 Å². The van der Waals surface area contributed by atoms with Gasteiger partial charge in [-0.05, 0) is 56.1 Å². The van der Waals surface area contributed by atoms with Crippen molar-refractivity contribution in [2.45, 2.75) is 117 Å². The second-order valence-electron chi connectivity index (χ2n) is 14.1. The molecule has 8 atom stereocenters. The molecule has 5 rings (SSSR count). The minimum atomic E-state index is -1.34. The quantitative estimate of drug-likeness (QED) is 0.191. The summed E-state index contributed by atoms with van der Waals surface area (Å²) < 4.78 is 30.2. The summed E-state index contributed by atoms with van der Waals surface area (Å²) in [6.07, 6.45) is 5.44. The highest BCUT2D eigenvalue weighted by Gasteiger charge is 2.70. The molecule has 0 amide bonds. The zero-order valence-corrected chi connectivity index (χ0v) is 28.2. The molecule has 2 saturated carbocycles. The summed E-state index contributed by atoms with van der Waals surface area (Å²) in [4.78, 5) is 55.4.